The molecule has 1 unspecified atom stereocenters. The van der Waals surface area contributed by atoms with Crippen molar-refractivity contribution in [2.45, 2.75) is 30.8 Å². The lowest BCUT2D eigenvalue weighted by Gasteiger charge is -2.49. The van der Waals surface area contributed by atoms with Gasteiger partial charge in [-0.05, 0) is 35.8 Å². The predicted octanol–water partition coefficient (Wildman–Crippen LogP) is 2.71. The van der Waals surface area contributed by atoms with Gasteiger partial charge in [0.2, 0.25) is 5.91 Å². The third kappa shape index (κ3) is 6.33. The summed E-state index contributed by atoms with van der Waals surface area (Å²) in [5.41, 5.74) is 1.57. The number of rotatable bonds is 8. The van der Waals surface area contributed by atoms with Gasteiger partial charge in [-0.3, -0.25) is 29.0 Å². The number of β-lactam (4-membered cyclic amide) rings is 1. The van der Waals surface area contributed by atoms with Crippen LogP contribution in [-0.2, 0) is 28.7 Å². The lowest BCUT2D eigenvalue weighted by atomic mass is 10.0. The van der Waals surface area contributed by atoms with E-state index in [1.165, 1.54) is 18.7 Å². The third-order valence-corrected chi connectivity index (χ3v) is 8.83. The number of hydrogen-bond acceptors (Lipinski definition) is 8. The van der Waals surface area contributed by atoms with E-state index >= 15 is 0 Å². The number of carboxylic acids is 1. The largest absolute Gasteiger partial charge is 0.477 e. The first-order chi connectivity index (χ1) is 21.0. The van der Waals surface area contributed by atoms with Gasteiger partial charge in [-0.2, -0.15) is 0 Å². The summed E-state index contributed by atoms with van der Waals surface area (Å²) >= 11 is 7.15. The molecule has 0 saturated carbocycles. The SMILES string of the molecule is CC(=O)OCC1=C(C(=O)O)N2C(=O)C(NC(=O)[C@H](NC(=O)N3CCC(=Cc4ccc(Cl)cc4)C3=O)c3ccccc3)[C@H]2SC1. The predicted molar refractivity (Wildman–Crippen MR) is 160 cm³/mol. The van der Waals surface area contributed by atoms with E-state index in [-0.39, 0.29) is 30.2 Å². The molecule has 2 saturated heterocycles. The van der Waals surface area contributed by atoms with Gasteiger partial charge in [0.15, 0.2) is 0 Å². The molecule has 2 aromatic rings. The van der Waals surface area contributed by atoms with E-state index in [0.717, 1.165) is 15.4 Å². The van der Waals surface area contributed by atoms with Crippen molar-refractivity contribution in [1.29, 1.82) is 0 Å². The number of likely N-dealkylation sites (tertiary alicyclic amines) is 1. The number of ether oxygens (including phenoxy) is 1. The number of esters is 1. The van der Waals surface area contributed by atoms with Gasteiger partial charge in [0, 0.05) is 35.4 Å². The Labute approximate surface area is 261 Å². The fourth-order valence-corrected chi connectivity index (χ4v) is 6.52. The maximum Gasteiger partial charge on any atom is 0.352 e. The Kier molecular flexibility index (Phi) is 9.06. The van der Waals surface area contributed by atoms with E-state index in [0.29, 0.717) is 22.6 Å². The van der Waals surface area contributed by atoms with Gasteiger partial charge in [0.05, 0.1) is 0 Å². The summed E-state index contributed by atoms with van der Waals surface area (Å²) < 4.78 is 4.95. The van der Waals surface area contributed by atoms with Crippen LogP contribution in [0.15, 0.2) is 71.4 Å². The molecular formula is C30H27ClN4O8S. The minimum atomic E-state index is -1.36. The summed E-state index contributed by atoms with van der Waals surface area (Å²) in [5, 5.41) is 14.9. The van der Waals surface area contributed by atoms with Crippen molar-refractivity contribution in [2.24, 2.45) is 0 Å². The van der Waals surface area contributed by atoms with Gasteiger partial charge >= 0.3 is 18.0 Å². The number of urea groups is 1. The molecule has 3 heterocycles. The molecule has 0 radical (unpaired) electrons. The molecule has 2 aromatic carbocycles. The number of imide groups is 1. The number of carboxylic acid groups (broad SMARTS) is 1. The summed E-state index contributed by atoms with van der Waals surface area (Å²) in [6.45, 7) is 1.03. The smallest absolute Gasteiger partial charge is 0.352 e. The third-order valence-electron chi connectivity index (χ3n) is 7.24. The molecule has 3 aliphatic rings. The number of halogens is 1. The number of nitrogens with zero attached hydrogens (tertiary/aromatic N) is 2. The first-order valence-corrected chi connectivity index (χ1v) is 14.9. The van der Waals surface area contributed by atoms with Gasteiger partial charge in [-0.1, -0.05) is 54.1 Å². The van der Waals surface area contributed by atoms with Crippen LogP contribution in [0.4, 0.5) is 4.79 Å². The normalized spacial score (nSPS) is 21.0. The summed E-state index contributed by atoms with van der Waals surface area (Å²) in [4.78, 5) is 78.4. The Balaban J connectivity index is 1.30. The summed E-state index contributed by atoms with van der Waals surface area (Å²) in [6.07, 6.45) is 2.00. The maximum atomic E-state index is 13.6. The highest BCUT2D eigenvalue weighted by atomic mass is 35.5. The van der Waals surface area contributed by atoms with Crippen LogP contribution in [0.5, 0.6) is 0 Å². The Morgan fingerprint density at radius 2 is 1.82 bits per heavy atom. The van der Waals surface area contributed by atoms with Crippen molar-refractivity contribution in [3.63, 3.8) is 0 Å². The van der Waals surface area contributed by atoms with Crippen molar-refractivity contribution >= 4 is 65.1 Å². The van der Waals surface area contributed by atoms with Gasteiger partial charge in [-0.15, -0.1) is 11.8 Å². The van der Waals surface area contributed by atoms with Crippen molar-refractivity contribution < 1.29 is 38.6 Å². The zero-order valence-corrected chi connectivity index (χ0v) is 24.9. The highest BCUT2D eigenvalue weighted by Crippen LogP contribution is 2.40. The first kappa shape index (κ1) is 30.8. The van der Waals surface area contributed by atoms with E-state index < -0.39 is 53.1 Å². The molecule has 228 valence electrons. The highest BCUT2D eigenvalue weighted by molar-refractivity contribution is 8.00. The van der Waals surface area contributed by atoms with Crippen LogP contribution in [-0.4, -0.2) is 80.9 Å². The molecule has 5 rings (SSSR count). The molecule has 0 spiro atoms. The Bertz CT molecular complexity index is 1590. The Hall–Kier alpha value is -4.62. The molecule has 0 aliphatic carbocycles. The second-order valence-electron chi connectivity index (χ2n) is 10.2. The molecule has 3 aliphatic heterocycles. The number of carbonyl (C=O) groups excluding carboxylic acids is 5. The fourth-order valence-electron chi connectivity index (χ4n) is 5.07. The molecule has 3 N–H and O–H groups in total. The quantitative estimate of drug-likeness (QED) is 0.224. The van der Waals surface area contributed by atoms with E-state index in [2.05, 4.69) is 10.6 Å². The van der Waals surface area contributed by atoms with E-state index in [1.807, 2.05) is 0 Å². The standard InChI is InChI=1S/C30H27ClN4O8S/c1-16(36)43-14-20-15-44-28-23(27(39)35(28)24(20)29(40)41)32-25(37)22(18-5-3-2-4-6-18)33-30(42)34-12-11-19(26(34)38)13-17-7-9-21(31)10-8-17/h2-10,13,22-23,28H,11-12,14-15H2,1H3,(H,32,37)(H,33,42)(H,40,41)/t22-,23?,28-/m1/s1. The molecule has 0 aromatic heterocycles. The number of thioether (sulfide) groups is 1. The summed E-state index contributed by atoms with van der Waals surface area (Å²) in [6, 6.07) is 12.1. The number of carbonyl (C=O) groups is 6. The number of hydrogen-bond donors (Lipinski definition) is 3. The minimum Gasteiger partial charge on any atom is -0.477 e. The van der Waals surface area contributed by atoms with E-state index in [4.69, 9.17) is 16.3 Å². The number of nitrogens with one attached hydrogen (secondary N) is 2. The van der Waals surface area contributed by atoms with Crippen LogP contribution in [0, 0.1) is 0 Å². The average Bonchev–Trinajstić information content (AvgIpc) is 3.37. The second-order valence-corrected chi connectivity index (χ2v) is 11.7. The highest BCUT2D eigenvalue weighted by Gasteiger charge is 2.54. The number of aliphatic carboxylic acids is 1. The molecule has 44 heavy (non-hydrogen) atoms. The number of fused-ring (bicyclic) bond motifs is 1. The van der Waals surface area contributed by atoms with Crippen LogP contribution in [0.25, 0.3) is 6.08 Å². The number of benzene rings is 2. The van der Waals surface area contributed by atoms with Gasteiger partial charge in [-0.25, -0.2) is 9.59 Å². The lowest BCUT2D eigenvalue weighted by molar-refractivity contribution is -0.151. The van der Waals surface area contributed by atoms with Crippen molar-refractivity contribution in [1.82, 2.24) is 20.4 Å². The van der Waals surface area contributed by atoms with Gasteiger partial charge < -0.3 is 20.5 Å². The van der Waals surface area contributed by atoms with Crippen LogP contribution < -0.4 is 10.6 Å². The first-order valence-electron chi connectivity index (χ1n) is 13.5. The van der Waals surface area contributed by atoms with Crippen molar-refractivity contribution in [3.05, 3.63) is 87.6 Å². The van der Waals surface area contributed by atoms with Crippen LogP contribution >= 0.6 is 23.4 Å². The Morgan fingerprint density at radius 1 is 1.11 bits per heavy atom. The Morgan fingerprint density at radius 3 is 2.48 bits per heavy atom. The van der Waals surface area contributed by atoms with Gasteiger partial charge in [0.1, 0.15) is 29.8 Å². The second kappa shape index (κ2) is 12.9. The monoisotopic (exact) mass is 638 g/mol. The fraction of sp³-hybridized carbons (Fsp3) is 0.267. The zero-order valence-electron chi connectivity index (χ0n) is 23.3. The van der Waals surface area contributed by atoms with E-state index in [9.17, 15) is 33.9 Å². The molecule has 5 amide bonds. The van der Waals surface area contributed by atoms with E-state index in [1.54, 1.807) is 60.7 Å². The van der Waals surface area contributed by atoms with Crippen molar-refractivity contribution in [2.75, 3.05) is 18.9 Å². The molecule has 2 fully saturated rings. The summed E-state index contributed by atoms with van der Waals surface area (Å²) in [7, 11) is 0. The summed E-state index contributed by atoms with van der Waals surface area (Å²) in [5.74, 6) is -3.64. The zero-order chi connectivity index (χ0) is 31.5. The van der Waals surface area contributed by atoms with Crippen LogP contribution in [0.3, 0.4) is 0 Å². The maximum absolute atomic E-state index is 13.6. The molecule has 3 atom stereocenters. The molecule has 14 heteroatoms. The topological polar surface area (TPSA) is 162 Å². The van der Waals surface area contributed by atoms with Crippen LogP contribution in [0.2, 0.25) is 5.02 Å². The average molecular weight is 639 g/mol. The van der Waals surface area contributed by atoms with Gasteiger partial charge in [0.25, 0.3) is 11.8 Å². The minimum absolute atomic E-state index is 0.113. The number of amides is 5. The lowest BCUT2D eigenvalue weighted by Crippen LogP contribution is -2.71. The molecule has 0 bridgehead atoms. The molecular weight excluding hydrogens is 612 g/mol. The molecule has 12 nitrogen and oxygen atoms in total. The van der Waals surface area contributed by atoms with Crippen molar-refractivity contribution in [3.8, 4) is 0 Å². The van der Waals surface area contributed by atoms with Crippen LogP contribution in [0.1, 0.15) is 30.5 Å².